The summed E-state index contributed by atoms with van der Waals surface area (Å²) in [4.78, 5) is 0. The molecule has 0 aliphatic heterocycles. The van der Waals surface area contributed by atoms with E-state index in [9.17, 15) is 0 Å². The Hall–Kier alpha value is -1.18. The van der Waals surface area contributed by atoms with Crippen LogP contribution in [-0.4, -0.2) is 13.2 Å². The van der Waals surface area contributed by atoms with Crippen molar-refractivity contribution in [3.63, 3.8) is 0 Å². The normalized spacial score (nSPS) is 12.2. The van der Waals surface area contributed by atoms with Crippen LogP contribution < -0.4 is 9.47 Å². The highest BCUT2D eigenvalue weighted by atomic mass is 16.5. The molecule has 0 aliphatic rings. The Morgan fingerprint density at radius 3 is 1.81 bits per heavy atom. The molecule has 0 amide bonds. The van der Waals surface area contributed by atoms with Crippen molar-refractivity contribution in [3.8, 4) is 11.5 Å². The first-order valence-corrected chi connectivity index (χ1v) is 6.11. The van der Waals surface area contributed by atoms with Crippen molar-refractivity contribution in [1.29, 1.82) is 0 Å². The van der Waals surface area contributed by atoms with Crippen LogP contribution in [0.2, 0.25) is 0 Å². The van der Waals surface area contributed by atoms with Crippen molar-refractivity contribution >= 4 is 0 Å². The summed E-state index contributed by atoms with van der Waals surface area (Å²) >= 11 is 0. The van der Waals surface area contributed by atoms with Crippen LogP contribution in [0.5, 0.6) is 11.5 Å². The van der Waals surface area contributed by atoms with Crippen LogP contribution in [-0.2, 0) is 0 Å². The number of hydrogen-bond donors (Lipinski definition) is 0. The van der Waals surface area contributed by atoms with Crippen molar-refractivity contribution in [2.24, 2.45) is 0 Å². The van der Waals surface area contributed by atoms with Crippen LogP contribution in [0.1, 0.15) is 45.6 Å². The number of hydrogen-bond acceptors (Lipinski definition) is 2. The second kappa shape index (κ2) is 6.41. The van der Waals surface area contributed by atoms with Crippen LogP contribution in [0.15, 0.2) is 18.2 Å². The number of benzene rings is 1. The van der Waals surface area contributed by atoms with E-state index in [0.29, 0.717) is 19.1 Å². The predicted octanol–water partition coefficient (Wildman–Crippen LogP) is 4.00. The summed E-state index contributed by atoms with van der Waals surface area (Å²) in [6.07, 6.45) is 1.13. The molecule has 0 fully saturated rings. The molecule has 1 aromatic carbocycles. The molecule has 1 atom stereocenters. The van der Waals surface area contributed by atoms with Gasteiger partial charge in [-0.05, 0) is 43.9 Å². The van der Waals surface area contributed by atoms with Gasteiger partial charge in [-0.2, -0.15) is 0 Å². The molecule has 0 saturated carbocycles. The second-order valence-electron chi connectivity index (χ2n) is 3.91. The van der Waals surface area contributed by atoms with Crippen LogP contribution in [0.4, 0.5) is 0 Å². The first-order chi connectivity index (χ1) is 7.71. The van der Waals surface area contributed by atoms with Gasteiger partial charge in [0.25, 0.3) is 0 Å². The van der Waals surface area contributed by atoms with Gasteiger partial charge in [-0.25, -0.2) is 0 Å². The maximum atomic E-state index is 5.55. The van der Waals surface area contributed by atoms with E-state index in [0.717, 1.165) is 17.9 Å². The lowest BCUT2D eigenvalue weighted by Gasteiger charge is -2.14. The third-order valence-electron chi connectivity index (χ3n) is 2.71. The largest absolute Gasteiger partial charge is 0.494 e. The van der Waals surface area contributed by atoms with Gasteiger partial charge in [0.15, 0.2) is 0 Å². The molecule has 16 heavy (non-hydrogen) atoms. The van der Waals surface area contributed by atoms with Gasteiger partial charge in [0.05, 0.1) is 13.2 Å². The molecule has 1 aromatic rings. The van der Waals surface area contributed by atoms with Crippen LogP contribution in [0.25, 0.3) is 0 Å². The minimum Gasteiger partial charge on any atom is -0.494 e. The molecular weight excluding hydrogens is 200 g/mol. The Morgan fingerprint density at radius 2 is 1.44 bits per heavy atom. The smallest absolute Gasteiger partial charge is 0.123 e. The second-order valence-corrected chi connectivity index (χ2v) is 3.91. The lowest BCUT2D eigenvalue weighted by atomic mass is 9.98. The van der Waals surface area contributed by atoms with E-state index in [-0.39, 0.29) is 0 Å². The molecule has 2 heteroatoms. The lowest BCUT2D eigenvalue weighted by molar-refractivity contribution is 0.322. The number of rotatable bonds is 6. The maximum Gasteiger partial charge on any atom is 0.123 e. The van der Waals surface area contributed by atoms with E-state index in [1.807, 2.05) is 19.9 Å². The highest BCUT2D eigenvalue weighted by Gasteiger charge is 2.07. The highest BCUT2D eigenvalue weighted by molar-refractivity contribution is 5.39. The molecule has 2 nitrogen and oxygen atoms in total. The van der Waals surface area contributed by atoms with Crippen LogP contribution in [0.3, 0.4) is 0 Å². The van der Waals surface area contributed by atoms with Gasteiger partial charge in [-0.1, -0.05) is 13.8 Å². The van der Waals surface area contributed by atoms with Crippen molar-refractivity contribution in [2.75, 3.05) is 13.2 Å². The van der Waals surface area contributed by atoms with Gasteiger partial charge in [0, 0.05) is 6.07 Å². The van der Waals surface area contributed by atoms with Crippen molar-refractivity contribution < 1.29 is 9.47 Å². The molecule has 0 aromatic heterocycles. The molecule has 0 saturated heterocycles. The first kappa shape index (κ1) is 12.9. The average molecular weight is 222 g/mol. The fourth-order valence-electron chi connectivity index (χ4n) is 1.61. The van der Waals surface area contributed by atoms with E-state index in [2.05, 4.69) is 26.0 Å². The highest BCUT2D eigenvalue weighted by Crippen LogP contribution is 2.29. The third kappa shape index (κ3) is 3.44. The summed E-state index contributed by atoms with van der Waals surface area (Å²) in [5.41, 5.74) is 1.29. The number of ether oxygens (including phenoxy) is 2. The van der Waals surface area contributed by atoms with Gasteiger partial charge >= 0.3 is 0 Å². The van der Waals surface area contributed by atoms with E-state index in [1.165, 1.54) is 5.56 Å². The Kier molecular flexibility index (Phi) is 5.17. The fraction of sp³-hybridized carbons (Fsp3) is 0.571. The molecular formula is C14H22O2. The molecule has 0 spiro atoms. The zero-order chi connectivity index (χ0) is 12.0. The standard InChI is InChI=1S/C14H22O2/c1-5-11(4)12-8-13(15-6-2)10-14(9-12)16-7-3/h8-11H,5-7H2,1-4H3. The minimum atomic E-state index is 0.541. The summed E-state index contributed by atoms with van der Waals surface area (Å²) in [6.45, 7) is 9.79. The summed E-state index contributed by atoms with van der Waals surface area (Å²) in [5, 5.41) is 0. The maximum absolute atomic E-state index is 5.55. The van der Waals surface area contributed by atoms with E-state index in [1.54, 1.807) is 0 Å². The first-order valence-electron chi connectivity index (χ1n) is 6.11. The molecule has 0 aliphatic carbocycles. The van der Waals surface area contributed by atoms with Gasteiger partial charge in [-0.3, -0.25) is 0 Å². The molecule has 1 rings (SSSR count). The van der Waals surface area contributed by atoms with Crippen LogP contribution >= 0.6 is 0 Å². The lowest BCUT2D eigenvalue weighted by Crippen LogP contribution is -1.99. The quantitative estimate of drug-likeness (QED) is 0.724. The van der Waals surface area contributed by atoms with Crippen molar-refractivity contribution in [3.05, 3.63) is 23.8 Å². The molecule has 1 unspecified atom stereocenters. The van der Waals surface area contributed by atoms with E-state index in [4.69, 9.17) is 9.47 Å². The summed E-state index contributed by atoms with van der Waals surface area (Å²) in [6, 6.07) is 6.18. The topological polar surface area (TPSA) is 18.5 Å². The molecule has 90 valence electrons. The zero-order valence-corrected chi connectivity index (χ0v) is 10.7. The summed E-state index contributed by atoms with van der Waals surface area (Å²) in [7, 11) is 0. The van der Waals surface area contributed by atoms with Gasteiger partial charge in [0.1, 0.15) is 11.5 Å². The average Bonchev–Trinajstić information content (AvgIpc) is 2.28. The molecule has 0 N–H and O–H groups in total. The summed E-state index contributed by atoms with van der Waals surface area (Å²) in [5.74, 6) is 2.35. The Bertz CT molecular complexity index is 296. The van der Waals surface area contributed by atoms with Crippen molar-refractivity contribution in [1.82, 2.24) is 0 Å². The third-order valence-corrected chi connectivity index (χ3v) is 2.71. The summed E-state index contributed by atoms with van der Waals surface area (Å²) < 4.78 is 11.1. The predicted molar refractivity (Wildman–Crippen MR) is 67.5 cm³/mol. The van der Waals surface area contributed by atoms with E-state index >= 15 is 0 Å². The Labute approximate surface area is 98.6 Å². The van der Waals surface area contributed by atoms with Gasteiger partial charge in [-0.15, -0.1) is 0 Å². The fourth-order valence-corrected chi connectivity index (χ4v) is 1.61. The van der Waals surface area contributed by atoms with E-state index < -0.39 is 0 Å². The SMILES string of the molecule is CCOc1cc(OCC)cc(C(C)CC)c1. The Balaban J connectivity index is 2.97. The Morgan fingerprint density at radius 1 is 0.938 bits per heavy atom. The molecule has 0 heterocycles. The van der Waals surface area contributed by atoms with Crippen molar-refractivity contribution in [2.45, 2.75) is 40.0 Å². The minimum absolute atomic E-state index is 0.541. The molecule has 0 radical (unpaired) electrons. The van der Waals surface area contributed by atoms with Crippen LogP contribution in [0, 0.1) is 0 Å². The van der Waals surface area contributed by atoms with Gasteiger partial charge in [0.2, 0.25) is 0 Å². The zero-order valence-electron chi connectivity index (χ0n) is 10.7. The molecule has 0 bridgehead atoms. The monoisotopic (exact) mass is 222 g/mol. The van der Waals surface area contributed by atoms with Gasteiger partial charge < -0.3 is 9.47 Å².